The topological polar surface area (TPSA) is 82.7 Å². The number of amides is 2. The highest BCUT2D eigenvalue weighted by Gasteiger charge is 2.42. The number of morpholine rings is 1. The summed E-state index contributed by atoms with van der Waals surface area (Å²) in [6, 6.07) is 12.9. The molecule has 1 atom stereocenters. The SMILES string of the molecule is Cc1ccc(C(=O)N2CCCC3(CC2)CN(c2ccccc2)C(=O)CO3)c(=O)[nH]1. The number of nitrogens with zero attached hydrogens (tertiary/aromatic N) is 2. The number of aromatic amines is 1. The van der Waals surface area contributed by atoms with Crippen molar-refractivity contribution in [2.24, 2.45) is 0 Å². The van der Waals surface area contributed by atoms with Gasteiger partial charge in [0.25, 0.3) is 17.4 Å². The van der Waals surface area contributed by atoms with Crippen LogP contribution in [0.15, 0.2) is 47.3 Å². The lowest BCUT2D eigenvalue weighted by atomic mass is 9.92. The third-order valence-corrected chi connectivity index (χ3v) is 5.79. The fraction of sp³-hybridized carbons (Fsp3) is 0.409. The number of hydrogen-bond acceptors (Lipinski definition) is 4. The Labute approximate surface area is 169 Å². The molecule has 2 saturated heterocycles. The molecule has 2 aromatic rings. The van der Waals surface area contributed by atoms with Gasteiger partial charge >= 0.3 is 0 Å². The number of aryl methyl sites for hydroxylation is 1. The molecule has 1 spiro atoms. The van der Waals surface area contributed by atoms with E-state index in [-0.39, 0.29) is 29.5 Å². The van der Waals surface area contributed by atoms with Crippen molar-refractivity contribution in [3.8, 4) is 0 Å². The summed E-state index contributed by atoms with van der Waals surface area (Å²) >= 11 is 0. The number of anilines is 1. The van der Waals surface area contributed by atoms with Gasteiger partial charge in [0.05, 0.1) is 12.1 Å². The van der Waals surface area contributed by atoms with Crippen LogP contribution in [0.1, 0.15) is 35.3 Å². The quantitative estimate of drug-likeness (QED) is 0.844. The zero-order chi connectivity index (χ0) is 20.4. The molecule has 0 bridgehead atoms. The number of pyridine rings is 1. The summed E-state index contributed by atoms with van der Waals surface area (Å²) in [6.07, 6.45) is 2.14. The third-order valence-electron chi connectivity index (χ3n) is 5.79. The number of H-pyrrole nitrogens is 1. The molecule has 1 aromatic carbocycles. The molecule has 7 nitrogen and oxygen atoms in total. The van der Waals surface area contributed by atoms with E-state index in [1.165, 1.54) is 0 Å². The maximum Gasteiger partial charge on any atom is 0.260 e. The molecular formula is C22H25N3O4. The summed E-state index contributed by atoms with van der Waals surface area (Å²) in [5.41, 5.74) is 0.922. The van der Waals surface area contributed by atoms with Crippen molar-refractivity contribution >= 4 is 17.5 Å². The Hall–Kier alpha value is -2.93. The Bertz CT molecular complexity index is 972. The molecule has 4 rings (SSSR count). The van der Waals surface area contributed by atoms with Gasteiger partial charge in [-0.25, -0.2) is 0 Å². The maximum atomic E-state index is 12.9. The molecule has 0 saturated carbocycles. The van der Waals surface area contributed by atoms with E-state index in [0.29, 0.717) is 26.1 Å². The van der Waals surface area contributed by atoms with E-state index in [0.717, 1.165) is 24.2 Å². The Morgan fingerprint density at radius 1 is 1.07 bits per heavy atom. The predicted molar refractivity (Wildman–Crippen MR) is 109 cm³/mol. The van der Waals surface area contributed by atoms with Crippen LogP contribution in [0.2, 0.25) is 0 Å². The average molecular weight is 395 g/mol. The normalized spacial score (nSPS) is 22.6. The van der Waals surface area contributed by atoms with Gasteiger partial charge in [-0.2, -0.15) is 0 Å². The van der Waals surface area contributed by atoms with Gasteiger partial charge < -0.3 is 19.5 Å². The molecular weight excluding hydrogens is 370 g/mol. The second-order valence-electron chi connectivity index (χ2n) is 7.82. The molecule has 1 N–H and O–H groups in total. The van der Waals surface area contributed by atoms with Gasteiger partial charge in [0.1, 0.15) is 12.2 Å². The Balaban J connectivity index is 1.50. The van der Waals surface area contributed by atoms with E-state index >= 15 is 0 Å². The van der Waals surface area contributed by atoms with Crippen LogP contribution in [0, 0.1) is 6.92 Å². The van der Waals surface area contributed by atoms with Gasteiger partial charge in [-0.05, 0) is 50.5 Å². The molecule has 29 heavy (non-hydrogen) atoms. The van der Waals surface area contributed by atoms with E-state index < -0.39 is 5.60 Å². The van der Waals surface area contributed by atoms with Gasteiger partial charge in [-0.1, -0.05) is 18.2 Å². The van der Waals surface area contributed by atoms with Crippen molar-refractivity contribution < 1.29 is 14.3 Å². The lowest BCUT2D eigenvalue weighted by molar-refractivity contribution is -0.140. The number of carbonyl (C=O) groups excluding carboxylic acids is 2. The Kier molecular flexibility index (Phi) is 5.24. The molecule has 1 unspecified atom stereocenters. The molecule has 1 aromatic heterocycles. The van der Waals surface area contributed by atoms with E-state index in [4.69, 9.17) is 4.74 Å². The van der Waals surface area contributed by atoms with E-state index in [9.17, 15) is 14.4 Å². The average Bonchev–Trinajstić information content (AvgIpc) is 2.93. The number of likely N-dealkylation sites (tertiary alicyclic amines) is 1. The summed E-state index contributed by atoms with van der Waals surface area (Å²) in [5.74, 6) is -0.305. The summed E-state index contributed by atoms with van der Waals surface area (Å²) in [4.78, 5) is 43.7. The van der Waals surface area contributed by atoms with Crippen LogP contribution in [0.5, 0.6) is 0 Å². The number of rotatable bonds is 2. The van der Waals surface area contributed by atoms with Crippen LogP contribution in [0.25, 0.3) is 0 Å². The molecule has 7 heteroatoms. The number of aromatic nitrogens is 1. The molecule has 2 aliphatic rings. The van der Waals surface area contributed by atoms with Crippen molar-refractivity contribution in [2.75, 3.05) is 31.1 Å². The fourth-order valence-corrected chi connectivity index (χ4v) is 4.14. The highest BCUT2D eigenvalue weighted by molar-refractivity contribution is 5.95. The number of nitrogens with one attached hydrogen (secondary N) is 1. The highest BCUT2D eigenvalue weighted by Crippen LogP contribution is 2.33. The van der Waals surface area contributed by atoms with Gasteiger partial charge in [-0.15, -0.1) is 0 Å². The molecule has 2 fully saturated rings. The summed E-state index contributed by atoms with van der Waals surface area (Å²) in [5, 5.41) is 0. The van der Waals surface area contributed by atoms with Gasteiger partial charge in [-0.3, -0.25) is 14.4 Å². The number of ether oxygens (including phenoxy) is 1. The van der Waals surface area contributed by atoms with Crippen LogP contribution in [-0.4, -0.2) is 53.5 Å². The van der Waals surface area contributed by atoms with Gasteiger partial charge in [0.2, 0.25) is 0 Å². The standard InChI is InChI=1S/C22H25N3O4/c1-16-8-9-18(20(27)23-16)21(28)24-12-5-10-22(11-13-24)15-25(19(26)14-29-22)17-6-3-2-4-7-17/h2-4,6-9H,5,10-15H2,1H3,(H,23,27). The smallest absolute Gasteiger partial charge is 0.260 e. The number of para-hydroxylation sites is 1. The van der Waals surface area contributed by atoms with Gasteiger partial charge in [0, 0.05) is 24.5 Å². The third kappa shape index (κ3) is 3.96. The summed E-state index contributed by atoms with van der Waals surface area (Å²) < 4.78 is 6.03. The molecule has 2 amide bonds. The van der Waals surface area contributed by atoms with Crippen LogP contribution in [-0.2, 0) is 9.53 Å². The minimum atomic E-state index is -0.474. The van der Waals surface area contributed by atoms with E-state index in [2.05, 4.69) is 4.98 Å². The molecule has 152 valence electrons. The first-order chi connectivity index (χ1) is 14.0. The van der Waals surface area contributed by atoms with Crippen LogP contribution >= 0.6 is 0 Å². The van der Waals surface area contributed by atoms with Crippen LogP contribution in [0.3, 0.4) is 0 Å². The van der Waals surface area contributed by atoms with Crippen molar-refractivity contribution in [1.82, 2.24) is 9.88 Å². The lowest BCUT2D eigenvalue weighted by Gasteiger charge is -2.42. The Morgan fingerprint density at radius 3 is 2.62 bits per heavy atom. The predicted octanol–water partition coefficient (Wildman–Crippen LogP) is 2.11. The van der Waals surface area contributed by atoms with Crippen molar-refractivity contribution in [1.29, 1.82) is 0 Å². The van der Waals surface area contributed by atoms with E-state index in [1.807, 2.05) is 30.3 Å². The van der Waals surface area contributed by atoms with Crippen molar-refractivity contribution in [3.63, 3.8) is 0 Å². The first-order valence-electron chi connectivity index (χ1n) is 9.96. The maximum absolute atomic E-state index is 12.9. The zero-order valence-corrected chi connectivity index (χ0v) is 16.5. The first kappa shape index (κ1) is 19.4. The van der Waals surface area contributed by atoms with Crippen LogP contribution in [0.4, 0.5) is 5.69 Å². The number of hydrogen-bond donors (Lipinski definition) is 1. The lowest BCUT2D eigenvalue weighted by Crippen LogP contribution is -2.55. The summed E-state index contributed by atoms with van der Waals surface area (Å²) in [6.45, 7) is 3.36. The first-order valence-corrected chi connectivity index (χ1v) is 9.96. The Morgan fingerprint density at radius 2 is 1.86 bits per heavy atom. The minimum absolute atomic E-state index is 0.0421. The monoisotopic (exact) mass is 395 g/mol. The molecule has 3 heterocycles. The van der Waals surface area contributed by atoms with E-state index in [1.54, 1.807) is 28.9 Å². The molecule has 0 radical (unpaired) electrons. The highest BCUT2D eigenvalue weighted by atomic mass is 16.5. The largest absolute Gasteiger partial charge is 0.363 e. The number of benzene rings is 1. The zero-order valence-electron chi connectivity index (χ0n) is 16.5. The second-order valence-corrected chi connectivity index (χ2v) is 7.82. The van der Waals surface area contributed by atoms with Crippen LogP contribution < -0.4 is 10.5 Å². The second kappa shape index (κ2) is 7.83. The summed E-state index contributed by atoms with van der Waals surface area (Å²) in [7, 11) is 0. The van der Waals surface area contributed by atoms with Crippen molar-refractivity contribution in [2.45, 2.75) is 31.8 Å². The van der Waals surface area contributed by atoms with Gasteiger partial charge in [0.15, 0.2) is 0 Å². The number of carbonyl (C=O) groups is 2. The minimum Gasteiger partial charge on any atom is -0.363 e. The fourth-order valence-electron chi connectivity index (χ4n) is 4.14. The van der Waals surface area contributed by atoms with Crippen molar-refractivity contribution in [3.05, 3.63) is 64.1 Å². The molecule has 2 aliphatic heterocycles. The molecule has 0 aliphatic carbocycles.